The Kier molecular flexibility index (Phi) is 5.48. The molecule has 1 aromatic carbocycles. The predicted molar refractivity (Wildman–Crippen MR) is 85.0 cm³/mol. The highest BCUT2D eigenvalue weighted by Crippen LogP contribution is 2.22. The third-order valence-corrected chi connectivity index (χ3v) is 3.59. The van der Waals surface area contributed by atoms with Crippen molar-refractivity contribution in [1.82, 2.24) is 9.36 Å². The molecule has 0 spiro atoms. The van der Waals surface area contributed by atoms with Gasteiger partial charge in [0, 0.05) is 29.6 Å². The summed E-state index contributed by atoms with van der Waals surface area (Å²) in [5, 5.41) is 13.5. The first-order valence-electron chi connectivity index (χ1n) is 7.09. The van der Waals surface area contributed by atoms with E-state index in [0.29, 0.717) is 5.13 Å². The molecule has 0 aliphatic heterocycles. The van der Waals surface area contributed by atoms with E-state index in [0.717, 1.165) is 18.0 Å². The van der Waals surface area contributed by atoms with E-state index < -0.39 is 17.7 Å². The highest BCUT2D eigenvalue weighted by atomic mass is 32.1. The van der Waals surface area contributed by atoms with Crippen molar-refractivity contribution in [1.29, 1.82) is 0 Å². The molecule has 2 rings (SSSR count). The number of hydrogen-bond donors (Lipinski definition) is 2. The average Bonchev–Trinajstić information content (AvgIpc) is 2.95. The normalized spacial score (nSPS) is 13.0. The van der Waals surface area contributed by atoms with E-state index in [1.165, 1.54) is 17.6 Å². The second-order valence-corrected chi connectivity index (χ2v) is 6.85. The zero-order valence-electron chi connectivity index (χ0n) is 13.1. The number of aliphatic hydroxyl groups excluding tert-OH is 1. The van der Waals surface area contributed by atoms with E-state index in [-0.39, 0.29) is 24.3 Å². The zero-order valence-corrected chi connectivity index (χ0v) is 14.0. The minimum absolute atomic E-state index is 0.0526. The van der Waals surface area contributed by atoms with Crippen LogP contribution in [0.2, 0.25) is 0 Å². The number of nitrogens with zero attached hydrogens (tertiary/aromatic N) is 2. The second-order valence-electron chi connectivity index (χ2n) is 6.09. The highest BCUT2D eigenvalue weighted by Gasteiger charge is 2.19. The summed E-state index contributed by atoms with van der Waals surface area (Å²) in [6, 6.07) is 3.22. The van der Waals surface area contributed by atoms with Gasteiger partial charge in [-0.3, -0.25) is 0 Å². The molecule has 0 amide bonds. The van der Waals surface area contributed by atoms with Crippen molar-refractivity contribution in [2.45, 2.75) is 32.3 Å². The smallest absolute Gasteiger partial charge is 0.202 e. The number of aromatic nitrogens is 2. The van der Waals surface area contributed by atoms with Crippen LogP contribution in [0.3, 0.4) is 0 Å². The third kappa shape index (κ3) is 5.11. The number of halogens is 2. The summed E-state index contributed by atoms with van der Waals surface area (Å²) >= 11 is 1.22. The molecule has 23 heavy (non-hydrogen) atoms. The lowest BCUT2D eigenvalue weighted by molar-refractivity contribution is 0.117. The Labute approximate surface area is 137 Å². The molecule has 1 heterocycles. The van der Waals surface area contributed by atoms with E-state index >= 15 is 0 Å². The van der Waals surface area contributed by atoms with Crippen LogP contribution < -0.4 is 10.1 Å². The Morgan fingerprint density at radius 1 is 1.30 bits per heavy atom. The molecule has 0 bridgehead atoms. The van der Waals surface area contributed by atoms with Gasteiger partial charge in [0.15, 0.2) is 11.6 Å². The summed E-state index contributed by atoms with van der Waals surface area (Å²) in [6.45, 7) is 6.21. The van der Waals surface area contributed by atoms with Gasteiger partial charge in [0.25, 0.3) is 0 Å². The number of benzene rings is 1. The van der Waals surface area contributed by atoms with Crippen LogP contribution in [-0.4, -0.2) is 33.7 Å². The summed E-state index contributed by atoms with van der Waals surface area (Å²) in [5.74, 6) is -1.03. The molecule has 1 atom stereocenters. The summed E-state index contributed by atoms with van der Waals surface area (Å²) in [4.78, 5) is 4.35. The van der Waals surface area contributed by atoms with Gasteiger partial charge in [0.1, 0.15) is 24.3 Å². The van der Waals surface area contributed by atoms with E-state index in [2.05, 4.69) is 14.7 Å². The van der Waals surface area contributed by atoms with Gasteiger partial charge < -0.3 is 15.2 Å². The molecule has 2 aromatic rings. The molecule has 126 valence electrons. The summed E-state index contributed by atoms with van der Waals surface area (Å²) in [6.07, 6.45) is -0.829. The van der Waals surface area contributed by atoms with Gasteiger partial charge in [-0.2, -0.15) is 4.37 Å². The van der Waals surface area contributed by atoms with Crippen molar-refractivity contribution in [3.63, 3.8) is 0 Å². The lowest BCUT2D eigenvalue weighted by atomic mass is 9.96. The Morgan fingerprint density at radius 2 is 2.04 bits per heavy atom. The van der Waals surface area contributed by atoms with Crippen molar-refractivity contribution in [2.24, 2.45) is 0 Å². The van der Waals surface area contributed by atoms with Gasteiger partial charge in [-0.25, -0.2) is 13.8 Å². The Bertz CT molecular complexity index is 658. The lowest BCUT2D eigenvalue weighted by Gasteiger charge is -2.13. The first-order valence-corrected chi connectivity index (χ1v) is 7.87. The fourth-order valence-corrected chi connectivity index (χ4v) is 2.39. The molecule has 0 aliphatic carbocycles. The van der Waals surface area contributed by atoms with Crippen LogP contribution in [-0.2, 0) is 5.41 Å². The minimum Gasteiger partial charge on any atom is -0.491 e. The van der Waals surface area contributed by atoms with Crippen LogP contribution in [0.15, 0.2) is 18.2 Å². The lowest BCUT2D eigenvalue weighted by Crippen LogP contribution is -2.26. The van der Waals surface area contributed by atoms with Gasteiger partial charge in [-0.05, 0) is 12.1 Å². The van der Waals surface area contributed by atoms with Gasteiger partial charge in [-0.1, -0.05) is 20.8 Å². The third-order valence-electron chi connectivity index (χ3n) is 2.92. The van der Waals surface area contributed by atoms with E-state index in [4.69, 9.17) is 4.74 Å². The monoisotopic (exact) mass is 343 g/mol. The molecule has 0 saturated carbocycles. The molecule has 0 fully saturated rings. The van der Waals surface area contributed by atoms with Crippen molar-refractivity contribution in [3.8, 4) is 5.75 Å². The molecule has 5 nitrogen and oxygen atoms in total. The van der Waals surface area contributed by atoms with E-state index in [9.17, 15) is 13.9 Å². The van der Waals surface area contributed by atoms with E-state index in [1.54, 1.807) is 0 Å². The highest BCUT2D eigenvalue weighted by molar-refractivity contribution is 7.09. The van der Waals surface area contributed by atoms with Gasteiger partial charge >= 0.3 is 0 Å². The molecule has 1 unspecified atom stereocenters. The largest absolute Gasteiger partial charge is 0.491 e. The molecular formula is C15H19F2N3O2S. The summed E-state index contributed by atoms with van der Waals surface area (Å²) in [7, 11) is 0. The van der Waals surface area contributed by atoms with Crippen molar-refractivity contribution >= 4 is 16.7 Å². The van der Waals surface area contributed by atoms with Crippen molar-refractivity contribution in [2.75, 3.05) is 18.5 Å². The van der Waals surface area contributed by atoms with Crippen LogP contribution in [0.25, 0.3) is 0 Å². The Balaban J connectivity index is 1.79. The van der Waals surface area contributed by atoms with Gasteiger partial charge in [-0.15, -0.1) is 0 Å². The number of anilines is 1. The Hall–Kier alpha value is -1.80. The van der Waals surface area contributed by atoms with Crippen molar-refractivity contribution < 1.29 is 18.6 Å². The second kappa shape index (κ2) is 7.18. The molecule has 8 heteroatoms. The average molecular weight is 343 g/mol. The van der Waals surface area contributed by atoms with Crippen LogP contribution in [0, 0.1) is 11.6 Å². The number of aliphatic hydroxyl groups is 1. The quantitative estimate of drug-likeness (QED) is 0.844. The zero-order chi connectivity index (χ0) is 17.0. The molecule has 2 N–H and O–H groups in total. The number of hydrogen-bond acceptors (Lipinski definition) is 6. The predicted octanol–water partition coefficient (Wildman–Crippen LogP) is 2.97. The van der Waals surface area contributed by atoms with Crippen LogP contribution >= 0.6 is 11.5 Å². The Morgan fingerprint density at radius 3 is 2.65 bits per heavy atom. The maximum Gasteiger partial charge on any atom is 0.202 e. The van der Waals surface area contributed by atoms with Crippen LogP contribution in [0.5, 0.6) is 5.75 Å². The van der Waals surface area contributed by atoms with Crippen molar-refractivity contribution in [3.05, 3.63) is 35.7 Å². The first-order chi connectivity index (χ1) is 10.8. The van der Waals surface area contributed by atoms with Gasteiger partial charge in [0.05, 0.1) is 0 Å². The molecular weight excluding hydrogens is 324 g/mol. The fourth-order valence-electron chi connectivity index (χ4n) is 1.62. The minimum atomic E-state index is -0.987. The number of rotatable bonds is 6. The van der Waals surface area contributed by atoms with E-state index in [1.807, 2.05) is 20.8 Å². The SMILES string of the molecule is CC(C)(C)c1nsc(NCC(O)COc2ccc(F)c(F)c2)n1. The van der Waals surface area contributed by atoms with Crippen LogP contribution in [0.4, 0.5) is 13.9 Å². The summed E-state index contributed by atoms with van der Waals surface area (Å²) in [5.41, 5.74) is -0.134. The number of nitrogens with one attached hydrogen (secondary N) is 1. The van der Waals surface area contributed by atoms with Crippen LogP contribution in [0.1, 0.15) is 26.6 Å². The standard InChI is InChI=1S/C15H19F2N3O2S/c1-15(2,3)13-19-14(23-20-13)18-7-9(21)8-22-10-4-5-11(16)12(17)6-10/h4-6,9,21H,7-8H2,1-3H3,(H,18,19,20). The molecule has 0 aliphatic rings. The topological polar surface area (TPSA) is 67.3 Å². The molecule has 0 saturated heterocycles. The maximum absolute atomic E-state index is 13.0. The first kappa shape index (κ1) is 17.6. The number of ether oxygens (including phenoxy) is 1. The van der Waals surface area contributed by atoms with Gasteiger partial charge in [0.2, 0.25) is 5.13 Å². The summed E-state index contributed by atoms with van der Waals surface area (Å²) < 4.78 is 35.3. The fraction of sp³-hybridized carbons (Fsp3) is 0.467. The molecule has 0 radical (unpaired) electrons. The molecule has 1 aromatic heterocycles. The maximum atomic E-state index is 13.0.